The molecule has 4 nitrogen and oxygen atoms in total. The second kappa shape index (κ2) is 8.29. The van der Waals surface area contributed by atoms with Crippen LogP contribution in [0.3, 0.4) is 0 Å². The predicted octanol–water partition coefficient (Wildman–Crippen LogP) is 2.65. The smallest absolute Gasteiger partial charge is 0.222 e. The van der Waals surface area contributed by atoms with E-state index in [0.29, 0.717) is 13.0 Å². The van der Waals surface area contributed by atoms with Crippen LogP contribution in [-0.4, -0.2) is 26.6 Å². The van der Waals surface area contributed by atoms with Gasteiger partial charge in [0.15, 0.2) is 0 Å². The molecule has 0 bridgehead atoms. The lowest BCUT2D eigenvalue weighted by molar-refractivity contribution is -0.121. The lowest BCUT2D eigenvalue weighted by Crippen LogP contribution is -2.31. The molecule has 0 spiro atoms. The van der Waals surface area contributed by atoms with Crippen molar-refractivity contribution < 1.29 is 13.9 Å². The van der Waals surface area contributed by atoms with Crippen LogP contribution < -0.4 is 15.4 Å². The highest BCUT2D eigenvalue weighted by Crippen LogP contribution is 2.24. The van der Waals surface area contributed by atoms with E-state index >= 15 is 0 Å². The Hall–Kier alpha value is -2.40. The van der Waals surface area contributed by atoms with Crippen LogP contribution in [-0.2, 0) is 4.79 Å². The van der Waals surface area contributed by atoms with Gasteiger partial charge in [0.2, 0.25) is 5.91 Å². The minimum absolute atomic E-state index is 0.0653. The maximum absolute atomic E-state index is 13.2. The molecule has 2 N–H and O–H groups in total. The Kier molecular flexibility index (Phi) is 6.11. The number of hydrogen-bond acceptors (Lipinski definition) is 3. The summed E-state index contributed by atoms with van der Waals surface area (Å²) in [6.45, 7) is 0.602. The Morgan fingerprint density at radius 3 is 2.17 bits per heavy atom. The summed E-state index contributed by atoms with van der Waals surface area (Å²) in [5, 5.41) is 5.95. The summed E-state index contributed by atoms with van der Waals surface area (Å²) >= 11 is 0. The Bertz CT molecular complexity index is 626. The van der Waals surface area contributed by atoms with E-state index in [1.165, 1.54) is 12.1 Å². The highest BCUT2D eigenvalue weighted by Gasteiger charge is 2.17. The fraction of sp³-hybridized carbons (Fsp3) is 0.278. The molecule has 0 fully saturated rings. The van der Waals surface area contributed by atoms with E-state index in [0.717, 1.165) is 16.9 Å². The van der Waals surface area contributed by atoms with Crippen LogP contribution in [0.2, 0.25) is 0 Å². The summed E-state index contributed by atoms with van der Waals surface area (Å²) in [6, 6.07) is 13.3. The van der Waals surface area contributed by atoms with E-state index in [4.69, 9.17) is 4.74 Å². The van der Waals surface area contributed by atoms with Gasteiger partial charge in [-0.3, -0.25) is 4.79 Å². The first-order chi connectivity index (χ1) is 11.1. The van der Waals surface area contributed by atoms with Crippen LogP contribution in [0.4, 0.5) is 4.39 Å². The molecular weight excluding hydrogens is 295 g/mol. The maximum atomic E-state index is 13.2. The first kappa shape index (κ1) is 17.0. The first-order valence-corrected chi connectivity index (χ1v) is 7.47. The normalized spacial score (nSPS) is 11.8. The largest absolute Gasteiger partial charge is 0.497 e. The number of carbonyl (C=O) groups is 1. The van der Waals surface area contributed by atoms with Gasteiger partial charge < -0.3 is 15.4 Å². The molecular formula is C18H21FN2O2. The molecule has 0 aromatic heterocycles. The van der Waals surface area contributed by atoms with E-state index in [9.17, 15) is 9.18 Å². The molecule has 0 saturated carbocycles. The fourth-order valence-electron chi connectivity index (χ4n) is 2.28. The summed E-state index contributed by atoms with van der Waals surface area (Å²) < 4.78 is 18.3. The number of rotatable bonds is 7. The van der Waals surface area contributed by atoms with Crippen molar-refractivity contribution in [3.8, 4) is 5.75 Å². The Morgan fingerprint density at radius 2 is 1.65 bits per heavy atom. The average molecular weight is 316 g/mol. The molecule has 122 valence electrons. The second-order valence-electron chi connectivity index (χ2n) is 5.18. The maximum Gasteiger partial charge on any atom is 0.222 e. The SMILES string of the molecule is CNCCC(=O)NC(c1ccc(F)cc1)c1ccc(OC)cc1. The Balaban J connectivity index is 2.26. The molecule has 0 aliphatic rings. The molecule has 0 aliphatic carbocycles. The average Bonchev–Trinajstić information content (AvgIpc) is 2.59. The van der Waals surface area contributed by atoms with E-state index in [1.807, 2.05) is 24.3 Å². The number of hydrogen-bond donors (Lipinski definition) is 2. The zero-order chi connectivity index (χ0) is 16.7. The quantitative estimate of drug-likeness (QED) is 0.826. The number of ether oxygens (including phenoxy) is 1. The van der Waals surface area contributed by atoms with Crippen molar-refractivity contribution in [2.75, 3.05) is 20.7 Å². The van der Waals surface area contributed by atoms with Crippen molar-refractivity contribution in [2.45, 2.75) is 12.5 Å². The molecule has 2 rings (SSSR count). The van der Waals surface area contributed by atoms with Crippen molar-refractivity contribution in [3.05, 3.63) is 65.5 Å². The lowest BCUT2D eigenvalue weighted by Gasteiger charge is -2.20. The molecule has 5 heteroatoms. The zero-order valence-corrected chi connectivity index (χ0v) is 13.3. The van der Waals surface area contributed by atoms with Crippen molar-refractivity contribution in [2.24, 2.45) is 0 Å². The molecule has 23 heavy (non-hydrogen) atoms. The molecule has 2 aromatic carbocycles. The van der Waals surface area contributed by atoms with Gasteiger partial charge in [0, 0.05) is 13.0 Å². The van der Waals surface area contributed by atoms with Crippen molar-refractivity contribution in [1.29, 1.82) is 0 Å². The summed E-state index contributed by atoms with van der Waals surface area (Å²) in [4.78, 5) is 12.1. The third kappa shape index (κ3) is 4.79. The second-order valence-corrected chi connectivity index (χ2v) is 5.18. The molecule has 0 saturated heterocycles. The van der Waals surface area contributed by atoms with Crippen LogP contribution in [0.5, 0.6) is 5.75 Å². The molecule has 1 amide bonds. The van der Waals surface area contributed by atoms with Crippen LogP contribution in [0.15, 0.2) is 48.5 Å². The first-order valence-electron chi connectivity index (χ1n) is 7.47. The van der Waals surface area contributed by atoms with Gasteiger partial charge in [0.05, 0.1) is 13.2 Å². The fourth-order valence-corrected chi connectivity index (χ4v) is 2.28. The van der Waals surface area contributed by atoms with Gasteiger partial charge in [-0.2, -0.15) is 0 Å². The number of benzene rings is 2. The van der Waals surface area contributed by atoms with Gasteiger partial charge in [-0.15, -0.1) is 0 Å². The Morgan fingerprint density at radius 1 is 1.09 bits per heavy atom. The molecule has 1 atom stereocenters. The van der Waals surface area contributed by atoms with Crippen LogP contribution in [0.1, 0.15) is 23.6 Å². The molecule has 0 radical (unpaired) electrons. The number of amides is 1. The summed E-state index contributed by atoms with van der Waals surface area (Å²) in [7, 11) is 3.40. The predicted molar refractivity (Wildman–Crippen MR) is 87.9 cm³/mol. The van der Waals surface area contributed by atoms with Crippen molar-refractivity contribution >= 4 is 5.91 Å². The van der Waals surface area contributed by atoms with Gasteiger partial charge in [0.1, 0.15) is 11.6 Å². The third-order valence-electron chi connectivity index (χ3n) is 3.56. The minimum atomic E-state index is -0.328. The van der Waals surface area contributed by atoms with Gasteiger partial charge in [-0.05, 0) is 42.4 Å². The molecule has 0 heterocycles. The van der Waals surface area contributed by atoms with E-state index in [1.54, 1.807) is 26.3 Å². The Labute approximate surface area is 135 Å². The standard InChI is InChI=1S/C18H21FN2O2/c1-20-12-11-17(22)21-18(13-3-7-15(19)8-4-13)14-5-9-16(23-2)10-6-14/h3-10,18,20H,11-12H2,1-2H3,(H,21,22). The number of methoxy groups -OCH3 is 1. The molecule has 2 aromatic rings. The van der Waals surface area contributed by atoms with Crippen LogP contribution >= 0.6 is 0 Å². The topological polar surface area (TPSA) is 50.4 Å². The number of halogens is 1. The molecule has 1 unspecified atom stereocenters. The van der Waals surface area contributed by atoms with E-state index in [2.05, 4.69) is 10.6 Å². The van der Waals surface area contributed by atoms with Crippen LogP contribution in [0.25, 0.3) is 0 Å². The van der Waals surface area contributed by atoms with Crippen molar-refractivity contribution in [3.63, 3.8) is 0 Å². The van der Waals surface area contributed by atoms with E-state index in [-0.39, 0.29) is 17.8 Å². The summed E-state index contributed by atoms with van der Waals surface area (Å²) in [5.74, 6) is 0.376. The van der Waals surface area contributed by atoms with Crippen LogP contribution in [0, 0.1) is 5.82 Å². The summed E-state index contributed by atoms with van der Waals surface area (Å²) in [5.41, 5.74) is 1.74. The van der Waals surface area contributed by atoms with Gasteiger partial charge >= 0.3 is 0 Å². The van der Waals surface area contributed by atoms with Crippen molar-refractivity contribution in [1.82, 2.24) is 10.6 Å². The highest BCUT2D eigenvalue weighted by atomic mass is 19.1. The lowest BCUT2D eigenvalue weighted by atomic mass is 9.98. The van der Waals surface area contributed by atoms with Gasteiger partial charge in [-0.1, -0.05) is 24.3 Å². The third-order valence-corrected chi connectivity index (χ3v) is 3.56. The minimum Gasteiger partial charge on any atom is -0.497 e. The van der Waals surface area contributed by atoms with E-state index < -0.39 is 0 Å². The molecule has 0 aliphatic heterocycles. The van der Waals surface area contributed by atoms with Gasteiger partial charge in [0.25, 0.3) is 0 Å². The number of carbonyl (C=O) groups excluding carboxylic acids is 1. The number of nitrogens with one attached hydrogen (secondary N) is 2. The monoisotopic (exact) mass is 316 g/mol. The van der Waals surface area contributed by atoms with Gasteiger partial charge in [-0.25, -0.2) is 4.39 Å². The highest BCUT2D eigenvalue weighted by molar-refractivity contribution is 5.77. The summed E-state index contributed by atoms with van der Waals surface area (Å²) in [6.07, 6.45) is 0.379. The zero-order valence-electron chi connectivity index (χ0n) is 13.3.